The maximum atomic E-state index is 11.2. The molecule has 1 heterocycles. The van der Waals surface area contributed by atoms with Crippen molar-refractivity contribution in [1.29, 1.82) is 0 Å². The number of aryl methyl sites for hydroxylation is 3. The van der Waals surface area contributed by atoms with Gasteiger partial charge in [-0.3, -0.25) is 15.1 Å². The number of nitro benzene ring substituents is 1. The molecule has 0 aliphatic carbocycles. The van der Waals surface area contributed by atoms with Crippen LogP contribution in [0.15, 0.2) is 51.9 Å². The molecular weight excluding hydrogens is 360 g/mol. The predicted molar refractivity (Wildman–Crippen MR) is 110 cm³/mol. The van der Waals surface area contributed by atoms with Crippen LogP contribution in [0.25, 0.3) is 11.3 Å². The maximum Gasteiger partial charge on any atom is 0.278 e. The molecule has 0 atom stereocenters. The molecule has 3 rings (SSSR count). The van der Waals surface area contributed by atoms with Gasteiger partial charge in [-0.15, -0.1) is 11.3 Å². The highest BCUT2D eigenvalue weighted by Crippen LogP contribution is 2.27. The first kappa shape index (κ1) is 18.7. The van der Waals surface area contributed by atoms with Crippen LogP contribution in [0.5, 0.6) is 0 Å². The molecule has 0 radical (unpaired) electrons. The minimum Gasteiger partial charge on any atom is -0.261 e. The third-order valence-corrected chi connectivity index (χ3v) is 5.35. The van der Waals surface area contributed by atoms with Crippen molar-refractivity contribution in [2.45, 2.75) is 20.8 Å². The first-order chi connectivity index (χ1) is 12.9. The van der Waals surface area contributed by atoms with E-state index in [0.29, 0.717) is 5.56 Å². The fourth-order valence-corrected chi connectivity index (χ4v) is 3.66. The number of hydrogen-bond acceptors (Lipinski definition) is 5. The fraction of sp³-hybridized carbons (Fsp3) is 0.200. The Hall–Kier alpha value is -3.06. The van der Waals surface area contributed by atoms with Crippen molar-refractivity contribution in [3.8, 4) is 11.3 Å². The Morgan fingerprint density at radius 2 is 1.81 bits per heavy atom. The van der Waals surface area contributed by atoms with Gasteiger partial charge in [0.15, 0.2) is 0 Å². The highest BCUT2D eigenvalue weighted by atomic mass is 32.1. The SMILES string of the molecule is CN=c1scc(-c2cc(C)c(C)cc2C)n1/N=C\c1ccccc1[N+](=O)[O-]. The minimum absolute atomic E-state index is 0.0241. The van der Waals surface area contributed by atoms with Gasteiger partial charge in [-0.1, -0.05) is 18.2 Å². The van der Waals surface area contributed by atoms with Gasteiger partial charge >= 0.3 is 0 Å². The van der Waals surface area contributed by atoms with E-state index >= 15 is 0 Å². The van der Waals surface area contributed by atoms with Crippen LogP contribution in [-0.4, -0.2) is 22.9 Å². The molecule has 0 aliphatic heterocycles. The quantitative estimate of drug-likeness (QED) is 0.381. The molecule has 6 nitrogen and oxygen atoms in total. The van der Waals surface area contributed by atoms with Crippen molar-refractivity contribution in [2.24, 2.45) is 10.1 Å². The molecule has 0 N–H and O–H groups in total. The number of nitro groups is 1. The van der Waals surface area contributed by atoms with E-state index in [1.54, 1.807) is 29.9 Å². The molecule has 3 aromatic rings. The summed E-state index contributed by atoms with van der Waals surface area (Å²) in [6, 6.07) is 10.8. The lowest BCUT2D eigenvalue weighted by Crippen LogP contribution is -2.12. The highest BCUT2D eigenvalue weighted by molar-refractivity contribution is 7.07. The average Bonchev–Trinajstić information content (AvgIpc) is 3.05. The molecule has 7 heteroatoms. The van der Waals surface area contributed by atoms with Crippen LogP contribution in [-0.2, 0) is 0 Å². The Bertz CT molecular complexity index is 1110. The van der Waals surface area contributed by atoms with Crippen LogP contribution in [0.3, 0.4) is 0 Å². The second kappa shape index (κ2) is 7.67. The van der Waals surface area contributed by atoms with Crippen LogP contribution in [0.4, 0.5) is 5.69 Å². The second-order valence-electron chi connectivity index (χ2n) is 6.25. The Balaban J connectivity index is 2.15. The van der Waals surface area contributed by atoms with Gasteiger partial charge in [-0.2, -0.15) is 5.10 Å². The van der Waals surface area contributed by atoms with Crippen molar-refractivity contribution in [3.63, 3.8) is 0 Å². The van der Waals surface area contributed by atoms with Gasteiger partial charge in [0.25, 0.3) is 5.69 Å². The molecule has 0 amide bonds. The van der Waals surface area contributed by atoms with E-state index in [1.165, 1.54) is 34.7 Å². The van der Waals surface area contributed by atoms with Crippen molar-refractivity contribution < 1.29 is 4.92 Å². The smallest absolute Gasteiger partial charge is 0.261 e. The molecule has 0 saturated carbocycles. The van der Waals surface area contributed by atoms with Crippen molar-refractivity contribution in [3.05, 3.63) is 78.9 Å². The van der Waals surface area contributed by atoms with Gasteiger partial charge in [0.05, 0.1) is 22.4 Å². The van der Waals surface area contributed by atoms with E-state index in [9.17, 15) is 10.1 Å². The van der Waals surface area contributed by atoms with Gasteiger partial charge in [0.2, 0.25) is 4.80 Å². The highest BCUT2D eigenvalue weighted by Gasteiger charge is 2.13. The molecule has 0 unspecified atom stereocenters. The van der Waals surface area contributed by atoms with Gasteiger partial charge < -0.3 is 0 Å². The summed E-state index contributed by atoms with van der Waals surface area (Å²) < 4.78 is 1.73. The molecule has 138 valence electrons. The van der Waals surface area contributed by atoms with Crippen molar-refractivity contribution >= 4 is 23.2 Å². The fourth-order valence-electron chi connectivity index (χ4n) is 2.87. The normalized spacial score (nSPS) is 12.1. The topological polar surface area (TPSA) is 72.8 Å². The van der Waals surface area contributed by atoms with E-state index in [-0.39, 0.29) is 5.69 Å². The molecule has 0 fully saturated rings. The van der Waals surface area contributed by atoms with E-state index < -0.39 is 4.92 Å². The number of hydrogen-bond donors (Lipinski definition) is 0. The Morgan fingerprint density at radius 1 is 1.11 bits per heavy atom. The zero-order valence-electron chi connectivity index (χ0n) is 15.6. The van der Waals surface area contributed by atoms with Gasteiger partial charge in [-0.05, 0) is 49.6 Å². The molecule has 27 heavy (non-hydrogen) atoms. The van der Waals surface area contributed by atoms with Crippen molar-refractivity contribution in [1.82, 2.24) is 4.68 Å². The summed E-state index contributed by atoms with van der Waals surface area (Å²) in [5, 5.41) is 17.8. The lowest BCUT2D eigenvalue weighted by molar-refractivity contribution is -0.385. The predicted octanol–water partition coefficient (Wildman–Crippen LogP) is 4.46. The average molecular weight is 380 g/mol. The molecule has 0 spiro atoms. The molecule has 0 aliphatic rings. The number of nitrogens with zero attached hydrogens (tertiary/aromatic N) is 4. The third-order valence-electron chi connectivity index (χ3n) is 4.44. The number of para-hydroxylation sites is 1. The van der Waals surface area contributed by atoms with Crippen LogP contribution in [0.1, 0.15) is 22.3 Å². The first-order valence-corrected chi connectivity index (χ1v) is 9.29. The zero-order valence-corrected chi connectivity index (χ0v) is 16.4. The zero-order chi connectivity index (χ0) is 19.6. The minimum atomic E-state index is -0.404. The molecular formula is C20H20N4O2S. The number of aromatic nitrogens is 1. The van der Waals surface area contributed by atoms with Crippen LogP contribution >= 0.6 is 11.3 Å². The third kappa shape index (κ3) is 3.73. The van der Waals surface area contributed by atoms with Gasteiger partial charge in [0, 0.05) is 24.1 Å². The van der Waals surface area contributed by atoms with E-state index in [1.807, 2.05) is 5.38 Å². The summed E-state index contributed by atoms with van der Waals surface area (Å²) in [5.41, 5.74) is 6.04. The van der Waals surface area contributed by atoms with Crippen LogP contribution < -0.4 is 4.80 Å². The summed E-state index contributed by atoms with van der Waals surface area (Å²) >= 11 is 1.48. The summed E-state index contributed by atoms with van der Waals surface area (Å²) in [7, 11) is 1.71. The summed E-state index contributed by atoms with van der Waals surface area (Å²) in [4.78, 5) is 15.8. The summed E-state index contributed by atoms with van der Waals surface area (Å²) in [5.74, 6) is 0. The maximum absolute atomic E-state index is 11.2. The molecule has 2 aromatic carbocycles. The van der Waals surface area contributed by atoms with Crippen LogP contribution in [0, 0.1) is 30.9 Å². The Morgan fingerprint density at radius 3 is 2.52 bits per heavy atom. The number of thiazole rings is 1. The summed E-state index contributed by atoms with van der Waals surface area (Å²) in [6.45, 7) is 6.24. The number of benzene rings is 2. The monoisotopic (exact) mass is 380 g/mol. The van der Waals surface area contributed by atoms with Gasteiger partial charge in [0.1, 0.15) is 0 Å². The van der Waals surface area contributed by atoms with Crippen molar-refractivity contribution in [2.75, 3.05) is 7.05 Å². The largest absolute Gasteiger partial charge is 0.278 e. The van der Waals surface area contributed by atoms with E-state index in [2.05, 4.69) is 43.0 Å². The number of rotatable bonds is 4. The van der Waals surface area contributed by atoms with E-state index in [0.717, 1.165) is 21.6 Å². The van der Waals surface area contributed by atoms with Gasteiger partial charge in [-0.25, -0.2) is 4.68 Å². The molecule has 1 aromatic heterocycles. The van der Waals surface area contributed by atoms with E-state index in [4.69, 9.17) is 0 Å². The molecule has 0 bridgehead atoms. The lowest BCUT2D eigenvalue weighted by Gasteiger charge is -2.10. The standard InChI is InChI=1S/C20H20N4O2S/c1-13-9-15(3)17(10-14(13)2)19-12-27-20(21-4)23(19)22-11-16-7-5-6-8-18(16)24(25)26/h5-12H,1-4H3/b21-20?,22-11-. The lowest BCUT2D eigenvalue weighted by atomic mass is 9.99. The second-order valence-corrected chi connectivity index (χ2v) is 7.09. The Kier molecular flexibility index (Phi) is 5.32. The molecule has 0 saturated heterocycles. The Labute approximate surface area is 161 Å². The first-order valence-electron chi connectivity index (χ1n) is 8.41. The van der Waals surface area contributed by atoms with Crippen LogP contribution in [0.2, 0.25) is 0 Å². The summed E-state index contributed by atoms with van der Waals surface area (Å²) in [6.07, 6.45) is 1.51.